The average molecular weight is 287 g/mol. The van der Waals surface area contributed by atoms with Crippen LogP contribution >= 0.6 is 0 Å². The molecule has 0 bridgehead atoms. The van der Waals surface area contributed by atoms with Crippen LogP contribution in [0.25, 0.3) is 28.4 Å². The number of rotatable bonds is 3. The van der Waals surface area contributed by atoms with Crippen molar-refractivity contribution in [2.75, 3.05) is 0 Å². The highest BCUT2D eigenvalue weighted by molar-refractivity contribution is 5.74. The number of benzene rings is 1. The van der Waals surface area contributed by atoms with E-state index in [9.17, 15) is 0 Å². The zero-order valence-electron chi connectivity index (χ0n) is 11.8. The van der Waals surface area contributed by atoms with Gasteiger partial charge in [0.15, 0.2) is 0 Å². The molecular weight excluding hydrogens is 274 g/mol. The van der Waals surface area contributed by atoms with Gasteiger partial charge in [0.05, 0.1) is 0 Å². The number of aromatic nitrogens is 3. The van der Waals surface area contributed by atoms with Crippen LogP contribution in [0.2, 0.25) is 0 Å². The van der Waals surface area contributed by atoms with Crippen molar-refractivity contribution in [3.05, 3.63) is 72.6 Å². The average Bonchev–Trinajstić information content (AvgIpc) is 3.28. The summed E-state index contributed by atoms with van der Waals surface area (Å²) in [7, 11) is 0. The number of hydrogen-bond donors (Lipinski definition) is 0. The van der Waals surface area contributed by atoms with Crippen LogP contribution in [0.4, 0.5) is 0 Å². The summed E-state index contributed by atoms with van der Waals surface area (Å²) in [5, 5.41) is 4.05. The van der Waals surface area contributed by atoms with E-state index in [1.165, 1.54) is 11.1 Å². The molecular formula is C18H13N3O. The van der Waals surface area contributed by atoms with Gasteiger partial charge in [0, 0.05) is 23.5 Å². The van der Waals surface area contributed by atoms with Crippen molar-refractivity contribution >= 4 is 5.57 Å². The van der Waals surface area contributed by atoms with Gasteiger partial charge in [-0.05, 0) is 41.8 Å². The Labute approximate surface area is 127 Å². The van der Waals surface area contributed by atoms with Gasteiger partial charge in [-0.1, -0.05) is 35.5 Å². The smallest absolute Gasteiger partial charge is 0.258 e. The standard InChI is InChI=1S/C18H13N3O/c1-2-5-13(4-1)15-6-3-7-16(12-15)18-20-17(21-22-18)14-8-10-19-11-9-14/h1-4,6-12H,5H2. The van der Waals surface area contributed by atoms with Crippen molar-refractivity contribution in [1.82, 2.24) is 15.1 Å². The number of pyridine rings is 1. The maximum atomic E-state index is 5.41. The Hall–Kier alpha value is -3.01. The maximum absolute atomic E-state index is 5.41. The molecule has 4 heteroatoms. The molecule has 0 N–H and O–H groups in total. The molecule has 0 amide bonds. The van der Waals surface area contributed by atoms with Crippen LogP contribution in [-0.2, 0) is 0 Å². The third-order valence-corrected chi connectivity index (χ3v) is 3.62. The Kier molecular flexibility index (Phi) is 3.12. The molecule has 4 nitrogen and oxygen atoms in total. The molecule has 4 rings (SSSR count). The maximum Gasteiger partial charge on any atom is 0.258 e. The SMILES string of the molecule is C1=CCC(c2cccc(-c3nc(-c4ccncc4)no3)c2)=C1. The van der Waals surface area contributed by atoms with Crippen LogP contribution in [-0.4, -0.2) is 15.1 Å². The highest BCUT2D eigenvalue weighted by atomic mass is 16.5. The van der Waals surface area contributed by atoms with Crippen molar-refractivity contribution in [3.8, 4) is 22.8 Å². The van der Waals surface area contributed by atoms with E-state index >= 15 is 0 Å². The summed E-state index contributed by atoms with van der Waals surface area (Å²) in [6.45, 7) is 0. The molecule has 0 radical (unpaired) electrons. The Balaban J connectivity index is 1.68. The van der Waals surface area contributed by atoms with Gasteiger partial charge < -0.3 is 4.52 Å². The fourth-order valence-electron chi connectivity index (χ4n) is 2.47. The van der Waals surface area contributed by atoms with Gasteiger partial charge in [-0.2, -0.15) is 4.98 Å². The highest BCUT2D eigenvalue weighted by Crippen LogP contribution is 2.28. The minimum Gasteiger partial charge on any atom is -0.334 e. The normalized spacial score (nSPS) is 13.4. The van der Waals surface area contributed by atoms with Crippen LogP contribution in [0, 0.1) is 0 Å². The Morgan fingerprint density at radius 2 is 1.82 bits per heavy atom. The molecule has 0 spiro atoms. The first-order valence-electron chi connectivity index (χ1n) is 7.11. The number of nitrogens with zero attached hydrogens (tertiary/aromatic N) is 3. The van der Waals surface area contributed by atoms with E-state index in [1.807, 2.05) is 24.3 Å². The molecule has 2 aromatic heterocycles. The van der Waals surface area contributed by atoms with Gasteiger partial charge in [-0.3, -0.25) is 4.98 Å². The molecule has 1 aromatic carbocycles. The minimum absolute atomic E-state index is 0.528. The quantitative estimate of drug-likeness (QED) is 0.726. The summed E-state index contributed by atoms with van der Waals surface area (Å²) >= 11 is 0. The monoisotopic (exact) mass is 287 g/mol. The Morgan fingerprint density at radius 1 is 0.955 bits per heavy atom. The van der Waals surface area contributed by atoms with Crippen LogP contribution in [0.5, 0.6) is 0 Å². The zero-order valence-corrected chi connectivity index (χ0v) is 11.8. The molecule has 0 saturated carbocycles. The van der Waals surface area contributed by atoms with E-state index in [2.05, 4.69) is 45.5 Å². The van der Waals surface area contributed by atoms with Crippen molar-refractivity contribution in [2.45, 2.75) is 6.42 Å². The van der Waals surface area contributed by atoms with Crippen molar-refractivity contribution < 1.29 is 4.52 Å². The van der Waals surface area contributed by atoms with Gasteiger partial charge >= 0.3 is 0 Å². The lowest BCUT2D eigenvalue weighted by molar-refractivity contribution is 0.432. The van der Waals surface area contributed by atoms with Crippen LogP contribution in [0.15, 0.2) is 71.5 Å². The van der Waals surface area contributed by atoms with Crippen molar-refractivity contribution in [2.24, 2.45) is 0 Å². The molecule has 0 aliphatic heterocycles. The summed E-state index contributed by atoms with van der Waals surface area (Å²) in [6, 6.07) is 11.9. The van der Waals surface area contributed by atoms with E-state index in [0.29, 0.717) is 11.7 Å². The van der Waals surface area contributed by atoms with Crippen LogP contribution in [0.3, 0.4) is 0 Å². The number of hydrogen-bond acceptors (Lipinski definition) is 4. The molecule has 1 aliphatic carbocycles. The third kappa shape index (κ3) is 2.35. The zero-order chi connectivity index (χ0) is 14.8. The summed E-state index contributed by atoms with van der Waals surface area (Å²) in [4.78, 5) is 8.47. The second kappa shape index (κ2) is 5.41. The first-order valence-corrected chi connectivity index (χ1v) is 7.11. The molecule has 2 heterocycles. The molecule has 3 aromatic rings. The molecule has 106 valence electrons. The fraction of sp³-hybridized carbons (Fsp3) is 0.0556. The second-order valence-corrected chi connectivity index (χ2v) is 5.06. The molecule has 0 unspecified atom stereocenters. The lowest BCUT2D eigenvalue weighted by Crippen LogP contribution is -1.84. The highest BCUT2D eigenvalue weighted by Gasteiger charge is 2.12. The summed E-state index contributed by atoms with van der Waals surface area (Å²) < 4.78 is 5.41. The van der Waals surface area contributed by atoms with Crippen molar-refractivity contribution in [3.63, 3.8) is 0 Å². The molecule has 0 saturated heterocycles. The minimum atomic E-state index is 0.528. The van der Waals surface area contributed by atoms with E-state index < -0.39 is 0 Å². The largest absolute Gasteiger partial charge is 0.334 e. The molecule has 1 aliphatic rings. The van der Waals surface area contributed by atoms with Crippen LogP contribution in [0.1, 0.15) is 12.0 Å². The fourth-order valence-corrected chi connectivity index (χ4v) is 2.47. The summed E-state index contributed by atoms with van der Waals surface area (Å²) in [5.41, 5.74) is 4.31. The van der Waals surface area contributed by atoms with E-state index in [1.54, 1.807) is 12.4 Å². The summed E-state index contributed by atoms with van der Waals surface area (Å²) in [6.07, 6.45) is 10.8. The van der Waals surface area contributed by atoms with E-state index in [-0.39, 0.29) is 0 Å². The molecule has 0 atom stereocenters. The lowest BCUT2D eigenvalue weighted by Gasteiger charge is -2.03. The van der Waals surface area contributed by atoms with E-state index in [0.717, 1.165) is 17.5 Å². The van der Waals surface area contributed by atoms with Gasteiger partial charge in [0.25, 0.3) is 5.89 Å². The van der Waals surface area contributed by atoms with Gasteiger partial charge in [0.1, 0.15) is 0 Å². The van der Waals surface area contributed by atoms with Gasteiger partial charge in [-0.25, -0.2) is 0 Å². The first-order chi connectivity index (χ1) is 10.9. The first kappa shape index (κ1) is 12.7. The topological polar surface area (TPSA) is 51.8 Å². The van der Waals surface area contributed by atoms with E-state index in [4.69, 9.17) is 4.52 Å². The molecule has 0 fully saturated rings. The predicted octanol–water partition coefficient (Wildman–Crippen LogP) is 4.14. The number of allylic oxidation sites excluding steroid dienone is 4. The predicted molar refractivity (Wildman–Crippen MR) is 84.7 cm³/mol. The van der Waals surface area contributed by atoms with Crippen LogP contribution < -0.4 is 0 Å². The van der Waals surface area contributed by atoms with Gasteiger partial charge in [-0.15, -0.1) is 0 Å². The Morgan fingerprint density at radius 3 is 2.64 bits per heavy atom. The lowest BCUT2D eigenvalue weighted by atomic mass is 10.0. The van der Waals surface area contributed by atoms with Crippen molar-refractivity contribution in [1.29, 1.82) is 0 Å². The summed E-state index contributed by atoms with van der Waals surface area (Å²) in [5.74, 6) is 1.10. The molecule has 22 heavy (non-hydrogen) atoms. The van der Waals surface area contributed by atoms with Gasteiger partial charge in [0.2, 0.25) is 5.82 Å². The second-order valence-electron chi connectivity index (χ2n) is 5.06. The third-order valence-electron chi connectivity index (χ3n) is 3.62. The Bertz CT molecular complexity index is 863.